The van der Waals surface area contributed by atoms with Gasteiger partial charge in [-0.2, -0.15) is 0 Å². The second kappa shape index (κ2) is 3.75. The summed E-state index contributed by atoms with van der Waals surface area (Å²) >= 11 is 0. The van der Waals surface area contributed by atoms with E-state index in [1.54, 1.807) is 0 Å². The van der Waals surface area contributed by atoms with Crippen LogP contribution in [0.5, 0.6) is 0 Å². The van der Waals surface area contributed by atoms with Gasteiger partial charge in [-0.1, -0.05) is 13.3 Å². The zero-order chi connectivity index (χ0) is 8.39. The topological polar surface area (TPSA) is 21.3 Å². The van der Waals surface area contributed by atoms with Crippen molar-refractivity contribution in [3.05, 3.63) is 0 Å². The van der Waals surface area contributed by atoms with Gasteiger partial charge in [0, 0.05) is 6.04 Å². The van der Waals surface area contributed by atoms with E-state index in [1.165, 1.54) is 38.6 Å². The Balaban J connectivity index is 1.69. The molecule has 0 aromatic rings. The van der Waals surface area contributed by atoms with Crippen LogP contribution in [0.4, 0.5) is 0 Å². The summed E-state index contributed by atoms with van der Waals surface area (Å²) in [6, 6.07) is 0.676. The third-order valence-corrected chi connectivity index (χ3v) is 3.04. The molecule has 70 valence electrons. The maximum Gasteiger partial charge on any atom is 0.0733 e. The van der Waals surface area contributed by atoms with Crippen LogP contribution in [-0.2, 0) is 4.74 Å². The van der Waals surface area contributed by atoms with E-state index in [0.717, 1.165) is 0 Å². The van der Waals surface area contributed by atoms with Crippen molar-refractivity contribution in [1.29, 1.82) is 0 Å². The molecule has 12 heavy (non-hydrogen) atoms. The van der Waals surface area contributed by atoms with E-state index in [9.17, 15) is 0 Å². The van der Waals surface area contributed by atoms with Crippen LogP contribution >= 0.6 is 0 Å². The van der Waals surface area contributed by atoms with Crippen LogP contribution in [0.25, 0.3) is 0 Å². The highest BCUT2D eigenvalue weighted by molar-refractivity contribution is 4.93. The molecule has 3 atom stereocenters. The molecule has 2 nitrogen and oxygen atoms in total. The summed E-state index contributed by atoms with van der Waals surface area (Å²) in [6.07, 6.45) is 7.57. The summed E-state index contributed by atoms with van der Waals surface area (Å²) in [5.41, 5.74) is 0. The lowest BCUT2D eigenvalue weighted by Gasteiger charge is -2.19. The number of hydrogen-bond donors (Lipinski definition) is 1. The maximum atomic E-state index is 5.75. The Kier molecular flexibility index (Phi) is 2.66. The van der Waals surface area contributed by atoms with Gasteiger partial charge >= 0.3 is 0 Å². The monoisotopic (exact) mass is 169 g/mol. The molecule has 0 spiro atoms. The van der Waals surface area contributed by atoms with Crippen LogP contribution in [0.3, 0.4) is 0 Å². The van der Waals surface area contributed by atoms with E-state index in [1.807, 2.05) is 0 Å². The van der Waals surface area contributed by atoms with Crippen molar-refractivity contribution in [2.75, 3.05) is 6.54 Å². The van der Waals surface area contributed by atoms with Crippen molar-refractivity contribution in [3.8, 4) is 0 Å². The molecule has 0 amide bonds. The number of unbranched alkanes of at least 4 members (excludes halogenated alkanes) is 1. The van der Waals surface area contributed by atoms with Gasteiger partial charge in [-0.25, -0.2) is 0 Å². The molecule has 3 unspecified atom stereocenters. The fraction of sp³-hybridized carbons (Fsp3) is 1.00. The first-order chi connectivity index (χ1) is 5.90. The molecule has 1 N–H and O–H groups in total. The Hall–Kier alpha value is -0.0800. The Labute approximate surface area is 74.7 Å². The van der Waals surface area contributed by atoms with Gasteiger partial charge in [-0.05, 0) is 32.2 Å². The zero-order valence-corrected chi connectivity index (χ0v) is 7.88. The Morgan fingerprint density at radius 1 is 1.42 bits per heavy atom. The third-order valence-electron chi connectivity index (χ3n) is 3.04. The minimum atomic E-state index is 0.548. The highest BCUT2D eigenvalue weighted by Crippen LogP contribution is 2.34. The first-order valence-corrected chi connectivity index (χ1v) is 5.29. The average Bonchev–Trinajstić information content (AvgIpc) is 2.65. The Morgan fingerprint density at radius 3 is 2.92 bits per heavy atom. The van der Waals surface area contributed by atoms with Crippen molar-refractivity contribution < 1.29 is 4.74 Å². The van der Waals surface area contributed by atoms with Gasteiger partial charge in [0.25, 0.3) is 0 Å². The lowest BCUT2D eigenvalue weighted by Crippen LogP contribution is -2.37. The van der Waals surface area contributed by atoms with E-state index >= 15 is 0 Å². The van der Waals surface area contributed by atoms with Crippen LogP contribution in [0.15, 0.2) is 0 Å². The minimum absolute atomic E-state index is 0.548. The molecule has 2 bridgehead atoms. The molecular weight excluding hydrogens is 150 g/mol. The van der Waals surface area contributed by atoms with Crippen LogP contribution in [-0.4, -0.2) is 24.8 Å². The van der Waals surface area contributed by atoms with Crippen molar-refractivity contribution in [2.45, 2.75) is 57.3 Å². The predicted molar refractivity (Wildman–Crippen MR) is 49.2 cm³/mol. The molecule has 2 aliphatic rings. The van der Waals surface area contributed by atoms with Gasteiger partial charge in [0.1, 0.15) is 0 Å². The summed E-state index contributed by atoms with van der Waals surface area (Å²) in [5, 5.41) is 3.59. The molecule has 2 heteroatoms. The van der Waals surface area contributed by atoms with Crippen molar-refractivity contribution in [1.82, 2.24) is 5.32 Å². The molecule has 2 rings (SSSR count). The summed E-state index contributed by atoms with van der Waals surface area (Å²) in [4.78, 5) is 0. The second-order valence-corrected chi connectivity index (χ2v) is 4.02. The van der Waals surface area contributed by atoms with E-state index < -0.39 is 0 Å². The molecule has 0 aromatic carbocycles. The number of hydrogen-bond acceptors (Lipinski definition) is 2. The standard InChI is InChI=1S/C10H19NO/c1-2-3-6-11-9-7-8-4-5-10(9)12-8/h8-11H,2-7H2,1H3. The summed E-state index contributed by atoms with van der Waals surface area (Å²) in [7, 11) is 0. The van der Waals surface area contributed by atoms with Crippen LogP contribution < -0.4 is 5.32 Å². The van der Waals surface area contributed by atoms with E-state index in [0.29, 0.717) is 18.2 Å². The smallest absolute Gasteiger partial charge is 0.0733 e. The number of fused-ring (bicyclic) bond motifs is 2. The average molecular weight is 169 g/mol. The molecule has 0 radical (unpaired) electrons. The second-order valence-electron chi connectivity index (χ2n) is 4.02. The largest absolute Gasteiger partial charge is 0.373 e. The van der Waals surface area contributed by atoms with E-state index in [-0.39, 0.29) is 0 Å². The lowest BCUT2D eigenvalue weighted by molar-refractivity contribution is 0.0974. The van der Waals surface area contributed by atoms with Crippen LogP contribution in [0.2, 0.25) is 0 Å². The van der Waals surface area contributed by atoms with Crippen molar-refractivity contribution >= 4 is 0 Å². The van der Waals surface area contributed by atoms with E-state index in [2.05, 4.69) is 12.2 Å². The molecule has 2 fully saturated rings. The zero-order valence-electron chi connectivity index (χ0n) is 7.88. The number of rotatable bonds is 4. The van der Waals surface area contributed by atoms with Crippen LogP contribution in [0.1, 0.15) is 39.0 Å². The van der Waals surface area contributed by atoms with Gasteiger partial charge in [0.2, 0.25) is 0 Å². The Bertz CT molecular complexity index is 149. The fourth-order valence-corrected chi connectivity index (χ4v) is 2.32. The fourth-order valence-electron chi connectivity index (χ4n) is 2.32. The highest BCUT2D eigenvalue weighted by atomic mass is 16.5. The predicted octanol–water partition coefficient (Wildman–Crippen LogP) is 1.70. The Morgan fingerprint density at radius 2 is 2.33 bits per heavy atom. The normalized spacial score (nSPS) is 39.2. The van der Waals surface area contributed by atoms with Gasteiger partial charge < -0.3 is 10.1 Å². The molecular formula is C10H19NO. The molecule has 2 aliphatic heterocycles. The molecule has 2 saturated heterocycles. The van der Waals surface area contributed by atoms with Crippen molar-refractivity contribution in [3.63, 3.8) is 0 Å². The minimum Gasteiger partial charge on any atom is -0.373 e. The third kappa shape index (κ3) is 1.64. The molecule has 0 aliphatic carbocycles. The molecule has 0 saturated carbocycles. The SMILES string of the molecule is CCCCNC1CC2CCC1O2. The van der Waals surface area contributed by atoms with Crippen molar-refractivity contribution in [2.24, 2.45) is 0 Å². The van der Waals surface area contributed by atoms with Gasteiger partial charge in [-0.15, -0.1) is 0 Å². The molecule has 2 heterocycles. The first-order valence-electron chi connectivity index (χ1n) is 5.29. The first kappa shape index (κ1) is 8.52. The van der Waals surface area contributed by atoms with Crippen LogP contribution in [0, 0.1) is 0 Å². The summed E-state index contributed by atoms with van der Waals surface area (Å²) < 4.78 is 5.75. The van der Waals surface area contributed by atoms with Gasteiger partial charge in [0.05, 0.1) is 12.2 Å². The van der Waals surface area contributed by atoms with Gasteiger partial charge in [-0.3, -0.25) is 0 Å². The quantitative estimate of drug-likeness (QED) is 0.647. The highest BCUT2D eigenvalue weighted by Gasteiger charge is 2.40. The van der Waals surface area contributed by atoms with E-state index in [4.69, 9.17) is 4.74 Å². The lowest BCUT2D eigenvalue weighted by atomic mass is 9.95. The summed E-state index contributed by atoms with van der Waals surface area (Å²) in [5.74, 6) is 0. The summed E-state index contributed by atoms with van der Waals surface area (Å²) in [6.45, 7) is 3.41. The maximum absolute atomic E-state index is 5.75. The molecule has 0 aromatic heterocycles. The number of nitrogens with one attached hydrogen (secondary N) is 1. The number of ether oxygens (including phenoxy) is 1. The van der Waals surface area contributed by atoms with Gasteiger partial charge in [0.15, 0.2) is 0 Å².